The van der Waals surface area contributed by atoms with E-state index in [-0.39, 0.29) is 5.75 Å². The molecule has 1 fully saturated rings. The lowest BCUT2D eigenvalue weighted by Gasteiger charge is -2.26. The van der Waals surface area contributed by atoms with Gasteiger partial charge in [0.2, 0.25) is 0 Å². The Kier molecular flexibility index (Phi) is 5.38. The summed E-state index contributed by atoms with van der Waals surface area (Å²) in [5, 5.41) is 12.5. The second-order valence-corrected chi connectivity index (χ2v) is 4.49. The van der Waals surface area contributed by atoms with Gasteiger partial charge in [-0.15, -0.1) is 0 Å². The van der Waals surface area contributed by atoms with Crippen molar-refractivity contribution in [2.24, 2.45) is 0 Å². The van der Waals surface area contributed by atoms with Gasteiger partial charge < -0.3 is 15.2 Å². The molecule has 1 aromatic heterocycles. The third-order valence-electron chi connectivity index (χ3n) is 3.05. The number of morpholine rings is 1. The van der Waals surface area contributed by atoms with Crippen molar-refractivity contribution in [1.82, 2.24) is 15.2 Å². The standard InChI is InChI=1S/C13H21N3O2/c17-13-3-2-12(15-11-13)10-14-4-1-5-16-6-8-18-9-7-16/h2-3,11,14,17H,1,4-10H2. The first-order valence-electron chi connectivity index (χ1n) is 6.49. The maximum absolute atomic E-state index is 9.11. The van der Waals surface area contributed by atoms with Gasteiger partial charge in [-0.3, -0.25) is 9.88 Å². The Morgan fingerprint density at radius 2 is 2.17 bits per heavy atom. The fourth-order valence-electron chi connectivity index (χ4n) is 1.99. The maximum Gasteiger partial charge on any atom is 0.133 e. The van der Waals surface area contributed by atoms with Crippen molar-refractivity contribution in [3.63, 3.8) is 0 Å². The molecule has 1 aliphatic rings. The molecule has 0 spiro atoms. The van der Waals surface area contributed by atoms with Crippen LogP contribution in [0, 0.1) is 0 Å². The third-order valence-corrected chi connectivity index (χ3v) is 3.05. The summed E-state index contributed by atoms with van der Waals surface area (Å²) in [5.74, 6) is 0.214. The molecule has 5 nitrogen and oxygen atoms in total. The normalized spacial score (nSPS) is 16.9. The number of aromatic nitrogens is 1. The summed E-state index contributed by atoms with van der Waals surface area (Å²) in [6.45, 7) is 6.71. The maximum atomic E-state index is 9.11. The van der Waals surface area contributed by atoms with E-state index >= 15 is 0 Å². The molecule has 18 heavy (non-hydrogen) atoms. The zero-order chi connectivity index (χ0) is 12.6. The molecule has 0 radical (unpaired) electrons. The van der Waals surface area contributed by atoms with E-state index in [1.807, 2.05) is 6.07 Å². The van der Waals surface area contributed by atoms with E-state index in [1.54, 1.807) is 6.07 Å². The van der Waals surface area contributed by atoms with Gasteiger partial charge in [-0.25, -0.2) is 0 Å². The van der Waals surface area contributed by atoms with Crippen LogP contribution in [0.3, 0.4) is 0 Å². The molecule has 0 aliphatic carbocycles. The van der Waals surface area contributed by atoms with Gasteiger partial charge in [-0.05, 0) is 31.6 Å². The van der Waals surface area contributed by atoms with Crippen LogP contribution in [0.2, 0.25) is 0 Å². The Hall–Kier alpha value is -1.17. The average molecular weight is 251 g/mol. The molecule has 0 atom stereocenters. The predicted octanol–water partition coefficient (Wildman–Crippen LogP) is 0.599. The van der Waals surface area contributed by atoms with E-state index < -0.39 is 0 Å². The molecule has 5 heteroatoms. The minimum absolute atomic E-state index is 0.214. The van der Waals surface area contributed by atoms with Crippen LogP contribution in [0.1, 0.15) is 12.1 Å². The molecule has 0 amide bonds. The van der Waals surface area contributed by atoms with Crippen LogP contribution in [0.5, 0.6) is 5.75 Å². The SMILES string of the molecule is Oc1ccc(CNCCCN2CCOCC2)nc1. The van der Waals surface area contributed by atoms with E-state index in [2.05, 4.69) is 15.2 Å². The van der Waals surface area contributed by atoms with Crippen LogP contribution in [0.15, 0.2) is 18.3 Å². The highest BCUT2D eigenvalue weighted by Gasteiger charge is 2.08. The molecule has 1 saturated heterocycles. The lowest BCUT2D eigenvalue weighted by Crippen LogP contribution is -2.37. The highest BCUT2D eigenvalue weighted by atomic mass is 16.5. The fourth-order valence-corrected chi connectivity index (χ4v) is 1.99. The quantitative estimate of drug-likeness (QED) is 0.725. The van der Waals surface area contributed by atoms with Crippen molar-refractivity contribution in [1.29, 1.82) is 0 Å². The number of nitrogens with zero attached hydrogens (tertiary/aromatic N) is 2. The molecule has 1 aromatic rings. The third kappa shape index (κ3) is 4.60. The van der Waals surface area contributed by atoms with Crippen LogP contribution < -0.4 is 5.32 Å². The monoisotopic (exact) mass is 251 g/mol. The van der Waals surface area contributed by atoms with Crippen molar-refractivity contribution >= 4 is 0 Å². The lowest BCUT2D eigenvalue weighted by atomic mass is 10.3. The zero-order valence-corrected chi connectivity index (χ0v) is 10.6. The molecule has 0 bridgehead atoms. The number of rotatable bonds is 6. The van der Waals surface area contributed by atoms with E-state index in [1.165, 1.54) is 6.20 Å². The van der Waals surface area contributed by atoms with Crippen LogP contribution in [-0.4, -0.2) is 54.4 Å². The number of ether oxygens (including phenoxy) is 1. The van der Waals surface area contributed by atoms with Gasteiger partial charge in [-0.2, -0.15) is 0 Å². The molecule has 2 heterocycles. The van der Waals surface area contributed by atoms with E-state index in [4.69, 9.17) is 9.84 Å². The Balaban J connectivity index is 1.54. The molecule has 0 aromatic carbocycles. The average Bonchev–Trinajstić information content (AvgIpc) is 2.42. The van der Waals surface area contributed by atoms with Gasteiger partial charge in [0.05, 0.1) is 25.1 Å². The van der Waals surface area contributed by atoms with Crippen molar-refractivity contribution in [2.75, 3.05) is 39.4 Å². The van der Waals surface area contributed by atoms with Gasteiger partial charge in [0.25, 0.3) is 0 Å². The summed E-state index contributed by atoms with van der Waals surface area (Å²) in [7, 11) is 0. The number of hydrogen-bond acceptors (Lipinski definition) is 5. The first-order valence-corrected chi connectivity index (χ1v) is 6.49. The molecule has 2 N–H and O–H groups in total. The van der Waals surface area contributed by atoms with Crippen LogP contribution in [0.4, 0.5) is 0 Å². The van der Waals surface area contributed by atoms with E-state index in [0.717, 1.165) is 58.1 Å². The largest absolute Gasteiger partial charge is 0.506 e. The highest BCUT2D eigenvalue weighted by Crippen LogP contribution is 2.05. The molecule has 2 rings (SSSR count). The highest BCUT2D eigenvalue weighted by molar-refractivity contribution is 5.17. The number of nitrogens with one attached hydrogen (secondary N) is 1. The van der Waals surface area contributed by atoms with Crippen molar-refractivity contribution in [3.05, 3.63) is 24.0 Å². The second-order valence-electron chi connectivity index (χ2n) is 4.49. The lowest BCUT2D eigenvalue weighted by molar-refractivity contribution is 0.0374. The first kappa shape index (κ1) is 13.3. The van der Waals surface area contributed by atoms with Crippen LogP contribution in [-0.2, 0) is 11.3 Å². The molecular weight excluding hydrogens is 230 g/mol. The summed E-state index contributed by atoms with van der Waals surface area (Å²) in [6, 6.07) is 3.50. The van der Waals surface area contributed by atoms with Crippen LogP contribution in [0.25, 0.3) is 0 Å². The smallest absolute Gasteiger partial charge is 0.133 e. The van der Waals surface area contributed by atoms with Gasteiger partial charge in [0.1, 0.15) is 5.75 Å². The number of aromatic hydroxyl groups is 1. The Morgan fingerprint density at radius 3 is 2.89 bits per heavy atom. The molecule has 1 aliphatic heterocycles. The topological polar surface area (TPSA) is 57.6 Å². The number of hydrogen-bond donors (Lipinski definition) is 2. The molecule has 0 unspecified atom stereocenters. The van der Waals surface area contributed by atoms with Crippen LogP contribution >= 0.6 is 0 Å². The van der Waals surface area contributed by atoms with E-state index in [0.29, 0.717) is 0 Å². The fraction of sp³-hybridized carbons (Fsp3) is 0.615. The molecule has 0 saturated carbocycles. The van der Waals surface area contributed by atoms with Crippen molar-refractivity contribution in [2.45, 2.75) is 13.0 Å². The van der Waals surface area contributed by atoms with Gasteiger partial charge in [0.15, 0.2) is 0 Å². The molecule has 100 valence electrons. The minimum atomic E-state index is 0.214. The van der Waals surface area contributed by atoms with E-state index in [9.17, 15) is 0 Å². The van der Waals surface area contributed by atoms with Gasteiger partial charge in [-0.1, -0.05) is 0 Å². The summed E-state index contributed by atoms with van der Waals surface area (Å²) in [4.78, 5) is 6.56. The Morgan fingerprint density at radius 1 is 1.33 bits per heavy atom. The first-order chi connectivity index (χ1) is 8.84. The summed E-state index contributed by atoms with van der Waals surface area (Å²) in [5.41, 5.74) is 0.958. The number of pyridine rings is 1. The second kappa shape index (κ2) is 7.31. The predicted molar refractivity (Wildman–Crippen MR) is 69.5 cm³/mol. The Labute approximate surface area is 108 Å². The summed E-state index contributed by atoms with van der Waals surface area (Å²) in [6.07, 6.45) is 2.61. The summed E-state index contributed by atoms with van der Waals surface area (Å²) < 4.78 is 5.31. The minimum Gasteiger partial charge on any atom is -0.506 e. The van der Waals surface area contributed by atoms with Gasteiger partial charge in [0, 0.05) is 19.6 Å². The molecular formula is C13H21N3O2. The van der Waals surface area contributed by atoms with Gasteiger partial charge >= 0.3 is 0 Å². The Bertz CT molecular complexity index is 337. The van der Waals surface area contributed by atoms with Crippen molar-refractivity contribution in [3.8, 4) is 5.75 Å². The zero-order valence-electron chi connectivity index (χ0n) is 10.6. The van der Waals surface area contributed by atoms with Crippen molar-refractivity contribution < 1.29 is 9.84 Å². The summed E-state index contributed by atoms with van der Waals surface area (Å²) >= 11 is 0.